The van der Waals surface area contributed by atoms with E-state index in [1.165, 1.54) is 6.07 Å². The summed E-state index contributed by atoms with van der Waals surface area (Å²) in [5.41, 5.74) is 1.79. The van der Waals surface area contributed by atoms with Crippen LogP contribution in [0.4, 0.5) is 10.1 Å². The van der Waals surface area contributed by atoms with Crippen molar-refractivity contribution in [2.45, 2.75) is 44.7 Å². The van der Waals surface area contributed by atoms with Gasteiger partial charge in [0.1, 0.15) is 17.6 Å². The molecule has 0 unspecified atom stereocenters. The standard InChI is InChI=1S/C28H32FN7O2/c1-2-38-21-11-12-24-19(17-21)18-22(28(37)30-24)26(27-31-32-33-36(27)20-7-3-4-8-20)35-15-13-34(14-16-35)25-10-6-5-9-23(25)29/h5-6,9-12,17-18,20,26H,2-4,7-8,13-16H2,1H3,(H,30,37)/t26-/m1/s1. The fourth-order valence-corrected chi connectivity index (χ4v) is 5.88. The first-order chi connectivity index (χ1) is 18.6. The van der Waals surface area contributed by atoms with E-state index in [-0.39, 0.29) is 17.4 Å². The lowest BCUT2D eigenvalue weighted by atomic mass is 10.0. The van der Waals surface area contributed by atoms with Crippen LogP contribution in [0.15, 0.2) is 53.3 Å². The predicted molar refractivity (Wildman–Crippen MR) is 143 cm³/mol. The number of rotatable bonds is 7. The van der Waals surface area contributed by atoms with Crippen LogP contribution >= 0.6 is 0 Å². The number of hydrogen-bond donors (Lipinski definition) is 1. The molecule has 1 N–H and O–H groups in total. The number of aromatic amines is 1. The zero-order valence-electron chi connectivity index (χ0n) is 21.5. The molecule has 4 aromatic rings. The summed E-state index contributed by atoms with van der Waals surface area (Å²) in [6.07, 6.45) is 4.34. The van der Waals surface area contributed by atoms with Crippen molar-refractivity contribution >= 4 is 16.6 Å². The van der Waals surface area contributed by atoms with Crippen LogP contribution in [0.25, 0.3) is 10.9 Å². The number of piperazine rings is 1. The number of benzene rings is 2. The molecule has 3 heterocycles. The van der Waals surface area contributed by atoms with Gasteiger partial charge in [0.15, 0.2) is 5.82 Å². The van der Waals surface area contributed by atoms with Gasteiger partial charge >= 0.3 is 0 Å². The normalized spacial score (nSPS) is 17.8. The highest BCUT2D eigenvalue weighted by Gasteiger charge is 2.35. The molecule has 1 saturated heterocycles. The van der Waals surface area contributed by atoms with Crippen LogP contribution in [0, 0.1) is 5.82 Å². The smallest absolute Gasteiger partial charge is 0.253 e. The van der Waals surface area contributed by atoms with Crippen LogP contribution in [0.2, 0.25) is 0 Å². The van der Waals surface area contributed by atoms with E-state index in [1.807, 2.05) is 48.0 Å². The summed E-state index contributed by atoms with van der Waals surface area (Å²) in [6, 6.07) is 14.3. The van der Waals surface area contributed by atoms with E-state index in [2.05, 4.69) is 30.3 Å². The molecule has 0 radical (unpaired) electrons. The van der Waals surface area contributed by atoms with Crippen molar-refractivity contribution in [2.24, 2.45) is 0 Å². The largest absolute Gasteiger partial charge is 0.494 e. The van der Waals surface area contributed by atoms with Gasteiger partial charge in [0.25, 0.3) is 5.56 Å². The highest BCUT2D eigenvalue weighted by molar-refractivity contribution is 5.80. The lowest BCUT2D eigenvalue weighted by molar-refractivity contribution is 0.196. The minimum absolute atomic E-state index is 0.163. The molecule has 6 rings (SSSR count). The Morgan fingerprint density at radius 1 is 1.08 bits per heavy atom. The third kappa shape index (κ3) is 4.64. The maximum atomic E-state index is 14.5. The van der Waals surface area contributed by atoms with E-state index in [0.29, 0.717) is 49.9 Å². The Kier molecular flexibility index (Phi) is 6.80. The average molecular weight is 518 g/mol. The van der Waals surface area contributed by atoms with Gasteiger partial charge in [-0.2, -0.15) is 0 Å². The van der Waals surface area contributed by atoms with E-state index < -0.39 is 6.04 Å². The summed E-state index contributed by atoms with van der Waals surface area (Å²) in [7, 11) is 0. The molecule has 1 aliphatic carbocycles. The first-order valence-electron chi connectivity index (χ1n) is 13.4. The molecule has 1 aliphatic heterocycles. The minimum Gasteiger partial charge on any atom is -0.494 e. The van der Waals surface area contributed by atoms with Gasteiger partial charge < -0.3 is 14.6 Å². The van der Waals surface area contributed by atoms with Crippen molar-refractivity contribution in [3.63, 3.8) is 0 Å². The molecular weight excluding hydrogens is 485 g/mol. The molecule has 0 bridgehead atoms. The number of hydrogen-bond acceptors (Lipinski definition) is 7. The van der Waals surface area contributed by atoms with Gasteiger partial charge in [-0.05, 0) is 66.6 Å². The summed E-state index contributed by atoms with van der Waals surface area (Å²) in [6.45, 7) is 5.03. The van der Waals surface area contributed by atoms with Crippen LogP contribution in [-0.2, 0) is 0 Å². The lowest BCUT2D eigenvalue weighted by Gasteiger charge is -2.39. The van der Waals surface area contributed by atoms with Crippen LogP contribution in [0.3, 0.4) is 0 Å². The minimum atomic E-state index is -0.433. The van der Waals surface area contributed by atoms with E-state index >= 15 is 0 Å². The number of fused-ring (bicyclic) bond motifs is 1. The molecular formula is C28H32FN7O2. The van der Waals surface area contributed by atoms with Gasteiger partial charge in [-0.3, -0.25) is 9.69 Å². The maximum absolute atomic E-state index is 14.5. The Morgan fingerprint density at radius 3 is 2.63 bits per heavy atom. The number of ether oxygens (including phenoxy) is 1. The SMILES string of the molecule is CCOc1ccc2[nH]c(=O)c([C@H](c3nnnn3C3CCCC3)N3CCN(c4ccccc4F)CC3)cc2c1. The number of anilines is 1. The van der Waals surface area contributed by atoms with Gasteiger partial charge in [-0.25, -0.2) is 9.07 Å². The fraction of sp³-hybridized carbons (Fsp3) is 0.429. The third-order valence-corrected chi connectivity index (χ3v) is 7.76. The second kappa shape index (κ2) is 10.5. The van der Waals surface area contributed by atoms with Crippen LogP contribution in [0.1, 0.15) is 56.1 Å². The van der Waals surface area contributed by atoms with Gasteiger partial charge in [-0.1, -0.05) is 25.0 Å². The molecule has 10 heteroatoms. The Bertz CT molecular complexity index is 1470. The molecule has 2 aliphatic rings. The van der Waals surface area contributed by atoms with E-state index in [9.17, 15) is 9.18 Å². The second-order valence-electron chi connectivity index (χ2n) is 10.0. The summed E-state index contributed by atoms with van der Waals surface area (Å²) < 4.78 is 22.1. The summed E-state index contributed by atoms with van der Waals surface area (Å²) in [5.74, 6) is 1.21. The number of nitrogens with zero attached hydrogens (tertiary/aromatic N) is 6. The van der Waals surface area contributed by atoms with Crippen LogP contribution in [-0.4, -0.2) is 62.9 Å². The summed E-state index contributed by atoms with van der Waals surface area (Å²) >= 11 is 0. The molecule has 2 fully saturated rings. The van der Waals surface area contributed by atoms with Crippen LogP contribution < -0.4 is 15.2 Å². The average Bonchev–Trinajstić information content (AvgIpc) is 3.63. The van der Waals surface area contributed by atoms with Gasteiger partial charge in [0.05, 0.1) is 18.3 Å². The van der Waals surface area contributed by atoms with Gasteiger partial charge in [0.2, 0.25) is 0 Å². The molecule has 38 heavy (non-hydrogen) atoms. The maximum Gasteiger partial charge on any atom is 0.253 e. The topological polar surface area (TPSA) is 92.2 Å². The lowest BCUT2D eigenvalue weighted by Crippen LogP contribution is -2.49. The van der Waals surface area contributed by atoms with Crippen molar-refractivity contribution in [2.75, 3.05) is 37.7 Å². The van der Waals surface area contributed by atoms with E-state index in [1.54, 1.807) is 6.07 Å². The van der Waals surface area contributed by atoms with Crippen molar-refractivity contribution in [3.8, 4) is 5.75 Å². The molecule has 1 saturated carbocycles. The molecule has 1 atom stereocenters. The number of pyridine rings is 1. The van der Waals surface area contributed by atoms with Crippen molar-refractivity contribution < 1.29 is 9.13 Å². The molecule has 0 amide bonds. The Morgan fingerprint density at radius 2 is 1.87 bits per heavy atom. The number of H-pyrrole nitrogens is 1. The zero-order chi connectivity index (χ0) is 26.1. The molecule has 9 nitrogen and oxygen atoms in total. The van der Waals surface area contributed by atoms with Crippen molar-refractivity contribution in [1.29, 1.82) is 0 Å². The third-order valence-electron chi connectivity index (χ3n) is 7.76. The summed E-state index contributed by atoms with van der Waals surface area (Å²) in [5, 5.41) is 13.8. The first kappa shape index (κ1) is 24.5. The molecule has 0 spiro atoms. The van der Waals surface area contributed by atoms with Crippen LogP contribution in [0.5, 0.6) is 5.75 Å². The molecule has 198 valence electrons. The quantitative estimate of drug-likeness (QED) is 0.395. The Hall–Kier alpha value is -3.79. The number of tetrazole rings is 1. The highest BCUT2D eigenvalue weighted by Crippen LogP contribution is 2.35. The highest BCUT2D eigenvalue weighted by atomic mass is 19.1. The Balaban J connectivity index is 1.39. The Labute approximate surface area is 220 Å². The van der Waals surface area contributed by atoms with Crippen molar-refractivity contribution in [1.82, 2.24) is 30.1 Å². The summed E-state index contributed by atoms with van der Waals surface area (Å²) in [4.78, 5) is 20.9. The number of aromatic nitrogens is 5. The second-order valence-corrected chi connectivity index (χ2v) is 10.0. The van der Waals surface area contributed by atoms with Gasteiger partial charge in [0, 0.05) is 42.6 Å². The number of para-hydroxylation sites is 1. The van der Waals surface area contributed by atoms with E-state index in [4.69, 9.17) is 4.74 Å². The fourth-order valence-electron chi connectivity index (χ4n) is 5.88. The van der Waals surface area contributed by atoms with Crippen molar-refractivity contribution in [3.05, 3.63) is 76.1 Å². The number of halogens is 1. The van der Waals surface area contributed by atoms with E-state index in [0.717, 1.165) is 42.3 Å². The van der Waals surface area contributed by atoms with Gasteiger partial charge in [-0.15, -0.1) is 5.10 Å². The zero-order valence-corrected chi connectivity index (χ0v) is 21.5. The number of nitrogens with one attached hydrogen (secondary N) is 1. The molecule has 2 aromatic carbocycles. The molecule has 2 aromatic heterocycles. The predicted octanol–water partition coefficient (Wildman–Crippen LogP) is 4.08. The monoisotopic (exact) mass is 517 g/mol. The first-order valence-corrected chi connectivity index (χ1v) is 13.4.